The van der Waals surface area contributed by atoms with Crippen LogP contribution >= 0.6 is 0 Å². The van der Waals surface area contributed by atoms with Crippen LogP contribution in [0.15, 0.2) is 18.2 Å². The van der Waals surface area contributed by atoms with Crippen LogP contribution in [0.5, 0.6) is 0 Å². The van der Waals surface area contributed by atoms with E-state index in [4.69, 9.17) is 9.84 Å². The van der Waals surface area contributed by atoms with Gasteiger partial charge in [0.15, 0.2) is 0 Å². The number of ether oxygens (including phenoxy) is 1. The highest BCUT2D eigenvalue weighted by Gasteiger charge is 2.30. The second-order valence-corrected chi connectivity index (χ2v) is 4.67. The average molecular weight is 278 g/mol. The fraction of sp³-hybridized carbons (Fsp3) is 0.500. The number of aromatic nitrogens is 1. The van der Waals surface area contributed by atoms with E-state index in [0.29, 0.717) is 19.8 Å². The smallest absolute Gasteiger partial charge is 0.354 e. The summed E-state index contributed by atoms with van der Waals surface area (Å²) in [5.74, 6) is -1.36. The molecule has 0 unspecified atom stereocenters. The van der Waals surface area contributed by atoms with Gasteiger partial charge in [0.2, 0.25) is 0 Å². The molecule has 6 nitrogen and oxygen atoms in total. The predicted octanol–water partition coefficient (Wildman–Crippen LogP) is 1.42. The minimum absolute atomic E-state index is 0.0535. The third-order valence-electron chi connectivity index (χ3n) is 3.34. The van der Waals surface area contributed by atoms with Gasteiger partial charge in [0.1, 0.15) is 11.4 Å². The van der Waals surface area contributed by atoms with Gasteiger partial charge in [-0.15, -0.1) is 0 Å². The lowest BCUT2D eigenvalue weighted by Crippen LogP contribution is -2.38. The highest BCUT2D eigenvalue weighted by molar-refractivity contribution is 5.94. The molecule has 2 rings (SSSR count). The maximum absolute atomic E-state index is 12.4. The quantitative estimate of drug-likeness (QED) is 0.881. The molecule has 1 atom stereocenters. The van der Waals surface area contributed by atoms with Crippen molar-refractivity contribution in [3.05, 3.63) is 29.6 Å². The summed E-state index contributed by atoms with van der Waals surface area (Å²) in [6, 6.07) is 4.51. The molecule has 6 heteroatoms. The van der Waals surface area contributed by atoms with Gasteiger partial charge in [-0.1, -0.05) is 6.07 Å². The molecule has 1 fully saturated rings. The monoisotopic (exact) mass is 278 g/mol. The van der Waals surface area contributed by atoms with Crippen LogP contribution in [-0.2, 0) is 4.74 Å². The van der Waals surface area contributed by atoms with Crippen LogP contribution in [0.3, 0.4) is 0 Å². The van der Waals surface area contributed by atoms with Crippen LogP contribution in [0.1, 0.15) is 40.7 Å². The van der Waals surface area contributed by atoms with Crippen molar-refractivity contribution in [3.63, 3.8) is 0 Å². The van der Waals surface area contributed by atoms with Gasteiger partial charge >= 0.3 is 5.97 Å². The van der Waals surface area contributed by atoms with Gasteiger partial charge in [0, 0.05) is 13.2 Å². The number of rotatable bonds is 5. The Bertz CT molecular complexity index is 504. The molecule has 1 aromatic heterocycles. The minimum Gasteiger partial charge on any atom is -0.477 e. The first-order valence-electron chi connectivity index (χ1n) is 6.72. The van der Waals surface area contributed by atoms with Gasteiger partial charge in [-0.05, 0) is 31.9 Å². The van der Waals surface area contributed by atoms with Gasteiger partial charge in [0.25, 0.3) is 5.91 Å². The Morgan fingerprint density at radius 2 is 2.20 bits per heavy atom. The zero-order valence-corrected chi connectivity index (χ0v) is 11.4. The van der Waals surface area contributed by atoms with Gasteiger partial charge in [-0.3, -0.25) is 4.79 Å². The number of carbonyl (C=O) groups excluding carboxylic acids is 1. The number of aromatic carboxylic acids is 1. The van der Waals surface area contributed by atoms with Crippen molar-refractivity contribution in [1.82, 2.24) is 9.88 Å². The second-order valence-electron chi connectivity index (χ2n) is 4.67. The van der Waals surface area contributed by atoms with E-state index < -0.39 is 5.97 Å². The molecular formula is C14H18N2O4. The number of amides is 1. The summed E-state index contributed by atoms with van der Waals surface area (Å²) < 4.78 is 5.39. The molecule has 20 heavy (non-hydrogen) atoms. The van der Waals surface area contributed by atoms with E-state index in [1.54, 1.807) is 11.0 Å². The molecule has 1 aliphatic rings. The number of hydrogen-bond acceptors (Lipinski definition) is 4. The largest absolute Gasteiger partial charge is 0.477 e. The predicted molar refractivity (Wildman–Crippen MR) is 71.7 cm³/mol. The van der Waals surface area contributed by atoms with Crippen LogP contribution in [-0.4, -0.2) is 52.7 Å². The first-order valence-corrected chi connectivity index (χ1v) is 6.72. The molecule has 1 amide bonds. The van der Waals surface area contributed by atoms with E-state index in [-0.39, 0.29) is 23.3 Å². The van der Waals surface area contributed by atoms with Crippen molar-refractivity contribution >= 4 is 11.9 Å². The first-order chi connectivity index (χ1) is 9.63. The Hall–Kier alpha value is -1.95. The Labute approximate surface area is 117 Å². The molecule has 0 spiro atoms. The van der Waals surface area contributed by atoms with Gasteiger partial charge < -0.3 is 14.7 Å². The van der Waals surface area contributed by atoms with E-state index >= 15 is 0 Å². The van der Waals surface area contributed by atoms with Gasteiger partial charge in [0.05, 0.1) is 12.6 Å². The Balaban J connectivity index is 2.13. The second kappa shape index (κ2) is 6.47. The molecular weight excluding hydrogens is 260 g/mol. The molecule has 0 radical (unpaired) electrons. The fourth-order valence-corrected chi connectivity index (χ4v) is 2.35. The first kappa shape index (κ1) is 14.5. The summed E-state index contributed by atoms with van der Waals surface area (Å²) in [7, 11) is 0. The maximum Gasteiger partial charge on any atom is 0.354 e. The highest BCUT2D eigenvalue weighted by atomic mass is 16.5. The van der Waals surface area contributed by atoms with Gasteiger partial charge in [-0.2, -0.15) is 0 Å². The van der Waals surface area contributed by atoms with Crippen molar-refractivity contribution in [2.75, 3.05) is 19.8 Å². The van der Waals surface area contributed by atoms with Crippen molar-refractivity contribution in [2.24, 2.45) is 0 Å². The van der Waals surface area contributed by atoms with E-state index in [0.717, 1.165) is 12.8 Å². The molecule has 1 saturated heterocycles. The van der Waals surface area contributed by atoms with Crippen LogP contribution in [0, 0.1) is 0 Å². The fourth-order valence-electron chi connectivity index (χ4n) is 2.35. The van der Waals surface area contributed by atoms with E-state index in [2.05, 4.69) is 4.98 Å². The lowest BCUT2D eigenvalue weighted by atomic mass is 10.2. The molecule has 1 aromatic rings. The molecule has 0 aliphatic carbocycles. The summed E-state index contributed by atoms with van der Waals surface area (Å²) in [6.07, 6.45) is 1.84. The summed E-state index contributed by atoms with van der Waals surface area (Å²) in [6.45, 7) is 3.71. The third kappa shape index (κ3) is 3.14. The van der Waals surface area contributed by atoms with Crippen LogP contribution in [0.25, 0.3) is 0 Å². The van der Waals surface area contributed by atoms with Gasteiger partial charge in [-0.25, -0.2) is 9.78 Å². The summed E-state index contributed by atoms with van der Waals surface area (Å²) >= 11 is 0. The number of pyridine rings is 1. The topological polar surface area (TPSA) is 79.7 Å². The van der Waals surface area contributed by atoms with Crippen molar-refractivity contribution in [1.29, 1.82) is 0 Å². The summed E-state index contributed by atoms with van der Waals surface area (Å²) in [5.41, 5.74) is 0.0599. The lowest BCUT2D eigenvalue weighted by molar-refractivity contribution is 0.0559. The van der Waals surface area contributed by atoms with E-state index in [1.807, 2.05) is 6.92 Å². The minimum atomic E-state index is -1.13. The Morgan fingerprint density at radius 3 is 2.90 bits per heavy atom. The van der Waals surface area contributed by atoms with Crippen LogP contribution < -0.4 is 0 Å². The third-order valence-corrected chi connectivity index (χ3v) is 3.34. The van der Waals surface area contributed by atoms with Crippen molar-refractivity contribution in [2.45, 2.75) is 25.8 Å². The molecule has 2 heterocycles. The zero-order chi connectivity index (χ0) is 14.5. The standard InChI is InChI=1S/C14H18N2O4/c1-2-20-9-10-5-4-8-16(10)13(17)11-6-3-7-12(15-11)14(18)19/h3,6-7,10H,2,4-5,8-9H2,1H3,(H,18,19)/t10-/m1/s1. The van der Waals surface area contributed by atoms with E-state index in [9.17, 15) is 9.59 Å². The number of carbonyl (C=O) groups is 2. The molecule has 108 valence electrons. The highest BCUT2D eigenvalue weighted by Crippen LogP contribution is 2.20. The number of carboxylic acid groups (broad SMARTS) is 1. The normalized spacial score (nSPS) is 18.2. The summed E-state index contributed by atoms with van der Waals surface area (Å²) in [5, 5.41) is 8.92. The number of likely N-dealkylation sites (tertiary alicyclic amines) is 1. The van der Waals surface area contributed by atoms with Crippen molar-refractivity contribution in [3.8, 4) is 0 Å². The number of hydrogen-bond donors (Lipinski definition) is 1. The zero-order valence-electron chi connectivity index (χ0n) is 11.4. The maximum atomic E-state index is 12.4. The van der Waals surface area contributed by atoms with Crippen LogP contribution in [0.2, 0.25) is 0 Å². The molecule has 0 aromatic carbocycles. The Morgan fingerprint density at radius 1 is 1.45 bits per heavy atom. The Kier molecular flexibility index (Phi) is 4.68. The molecule has 1 aliphatic heterocycles. The summed E-state index contributed by atoms with van der Waals surface area (Å²) in [4.78, 5) is 28.9. The molecule has 0 bridgehead atoms. The molecule has 0 saturated carbocycles. The number of nitrogens with zero attached hydrogens (tertiary/aromatic N) is 2. The number of carboxylic acids is 1. The lowest BCUT2D eigenvalue weighted by Gasteiger charge is -2.24. The molecule has 1 N–H and O–H groups in total. The average Bonchev–Trinajstić information content (AvgIpc) is 2.92. The SMILES string of the molecule is CCOC[C@H]1CCCN1C(=O)c1cccc(C(=O)O)n1. The van der Waals surface area contributed by atoms with Crippen LogP contribution in [0.4, 0.5) is 0 Å². The van der Waals surface area contributed by atoms with E-state index in [1.165, 1.54) is 12.1 Å². The van der Waals surface area contributed by atoms with Crippen molar-refractivity contribution < 1.29 is 19.4 Å².